The van der Waals surface area contributed by atoms with Crippen molar-refractivity contribution < 1.29 is 5.11 Å². The van der Waals surface area contributed by atoms with Crippen LogP contribution in [0.25, 0.3) is 0 Å². The van der Waals surface area contributed by atoms with E-state index in [9.17, 15) is 0 Å². The van der Waals surface area contributed by atoms with Gasteiger partial charge in [0.15, 0.2) is 0 Å². The van der Waals surface area contributed by atoms with E-state index in [1.54, 1.807) is 11.8 Å². The number of rotatable bonds is 5. The van der Waals surface area contributed by atoms with E-state index in [0.29, 0.717) is 0 Å². The Morgan fingerprint density at radius 1 is 1.55 bits per heavy atom. The second-order valence-electron chi connectivity index (χ2n) is 2.19. The zero-order chi connectivity index (χ0) is 8.53. The maximum atomic E-state index is 8.58. The van der Waals surface area contributed by atoms with Crippen molar-refractivity contribution in [1.82, 2.24) is 0 Å². The minimum atomic E-state index is 0.285. The summed E-state index contributed by atoms with van der Waals surface area (Å²) in [5.41, 5.74) is 0. The van der Waals surface area contributed by atoms with Crippen LogP contribution >= 0.6 is 11.8 Å². The zero-order valence-corrected chi connectivity index (χ0v) is 8.03. The minimum Gasteiger partial charge on any atom is -0.396 e. The summed E-state index contributed by atoms with van der Waals surface area (Å²) in [6.07, 6.45) is 10.1. The van der Waals surface area contributed by atoms with Crippen molar-refractivity contribution in [3.05, 3.63) is 23.1 Å². The molecule has 2 heteroatoms. The summed E-state index contributed by atoms with van der Waals surface area (Å²) in [6, 6.07) is 0. The molecule has 0 aromatic heterocycles. The molecule has 0 aliphatic heterocycles. The van der Waals surface area contributed by atoms with Crippen LogP contribution in [0.3, 0.4) is 0 Å². The van der Waals surface area contributed by atoms with Gasteiger partial charge in [0.1, 0.15) is 0 Å². The van der Waals surface area contributed by atoms with E-state index in [2.05, 4.69) is 12.3 Å². The molecule has 0 aliphatic rings. The van der Waals surface area contributed by atoms with Crippen LogP contribution < -0.4 is 0 Å². The topological polar surface area (TPSA) is 20.2 Å². The van der Waals surface area contributed by atoms with Crippen LogP contribution in [0.2, 0.25) is 0 Å². The molecule has 0 heterocycles. The van der Waals surface area contributed by atoms with Gasteiger partial charge in [-0.15, -0.1) is 11.8 Å². The molecule has 0 bridgehead atoms. The quantitative estimate of drug-likeness (QED) is 0.643. The summed E-state index contributed by atoms with van der Waals surface area (Å²) < 4.78 is 0. The van der Waals surface area contributed by atoms with Crippen LogP contribution in [-0.4, -0.2) is 18.0 Å². The Kier molecular flexibility index (Phi) is 7.74. The summed E-state index contributed by atoms with van der Waals surface area (Å²) in [6.45, 7) is 2.29. The smallest absolute Gasteiger partial charge is 0.0434 e. The fourth-order valence-electron chi connectivity index (χ4n) is 0.710. The second-order valence-corrected chi connectivity index (χ2v) is 3.12. The Balaban J connectivity index is 3.73. The Hall–Kier alpha value is -0.210. The van der Waals surface area contributed by atoms with E-state index in [-0.39, 0.29) is 6.61 Å². The third-order valence-corrected chi connectivity index (χ3v) is 2.18. The van der Waals surface area contributed by atoms with Crippen molar-refractivity contribution >= 4 is 11.8 Å². The van der Waals surface area contributed by atoms with Crippen molar-refractivity contribution in [1.29, 1.82) is 0 Å². The molecule has 0 aliphatic carbocycles. The zero-order valence-electron chi connectivity index (χ0n) is 7.21. The molecule has 0 aromatic rings. The van der Waals surface area contributed by atoms with Gasteiger partial charge in [0.2, 0.25) is 0 Å². The number of thioether (sulfide) groups is 1. The maximum Gasteiger partial charge on any atom is 0.0434 e. The molecule has 11 heavy (non-hydrogen) atoms. The predicted octanol–water partition coefficient (Wildman–Crippen LogP) is 2.58. The van der Waals surface area contributed by atoms with Crippen LogP contribution in [0.5, 0.6) is 0 Å². The van der Waals surface area contributed by atoms with E-state index < -0.39 is 0 Å². The van der Waals surface area contributed by atoms with E-state index in [1.165, 1.54) is 4.91 Å². The van der Waals surface area contributed by atoms with Gasteiger partial charge in [-0.1, -0.05) is 18.2 Å². The Morgan fingerprint density at radius 2 is 2.27 bits per heavy atom. The Morgan fingerprint density at radius 3 is 2.73 bits per heavy atom. The van der Waals surface area contributed by atoms with Crippen molar-refractivity contribution in [3.8, 4) is 0 Å². The van der Waals surface area contributed by atoms with E-state index in [4.69, 9.17) is 5.11 Å². The third kappa shape index (κ3) is 6.20. The summed E-state index contributed by atoms with van der Waals surface area (Å²) >= 11 is 1.75. The fraction of sp³-hybridized carbons (Fsp3) is 0.556. The van der Waals surface area contributed by atoms with Crippen LogP contribution in [0.1, 0.15) is 19.8 Å². The van der Waals surface area contributed by atoms with Gasteiger partial charge < -0.3 is 5.11 Å². The predicted molar refractivity (Wildman–Crippen MR) is 52.7 cm³/mol. The van der Waals surface area contributed by atoms with Gasteiger partial charge in [-0.25, -0.2) is 0 Å². The molecule has 0 atom stereocenters. The number of hydrogen-bond donors (Lipinski definition) is 1. The van der Waals surface area contributed by atoms with Gasteiger partial charge in [0.25, 0.3) is 0 Å². The van der Waals surface area contributed by atoms with Crippen molar-refractivity contribution in [2.45, 2.75) is 19.8 Å². The molecular weight excluding hydrogens is 156 g/mol. The first-order valence-electron chi connectivity index (χ1n) is 3.81. The van der Waals surface area contributed by atoms with Gasteiger partial charge in [0.05, 0.1) is 0 Å². The van der Waals surface area contributed by atoms with Crippen LogP contribution in [0.4, 0.5) is 0 Å². The van der Waals surface area contributed by atoms with Gasteiger partial charge in [0, 0.05) is 6.61 Å². The Labute approximate surface area is 73.2 Å². The average Bonchev–Trinajstić information content (AvgIpc) is 2.05. The molecule has 0 fully saturated rings. The van der Waals surface area contributed by atoms with Gasteiger partial charge in [-0.2, -0.15) is 0 Å². The third-order valence-electron chi connectivity index (χ3n) is 1.32. The van der Waals surface area contributed by atoms with Crippen LogP contribution in [-0.2, 0) is 0 Å². The molecule has 0 unspecified atom stereocenters. The van der Waals surface area contributed by atoms with Crippen molar-refractivity contribution in [2.75, 3.05) is 12.9 Å². The number of aliphatic hydroxyl groups is 1. The highest BCUT2D eigenvalue weighted by molar-refractivity contribution is 8.02. The first-order chi connectivity index (χ1) is 5.35. The molecule has 0 aromatic carbocycles. The molecule has 0 saturated heterocycles. The molecule has 0 spiro atoms. The molecule has 0 saturated carbocycles. The van der Waals surface area contributed by atoms with Gasteiger partial charge >= 0.3 is 0 Å². The van der Waals surface area contributed by atoms with E-state index in [0.717, 1.165) is 12.8 Å². The molecule has 0 amide bonds. The number of hydrogen-bond acceptors (Lipinski definition) is 2. The molecule has 0 radical (unpaired) electrons. The largest absolute Gasteiger partial charge is 0.396 e. The lowest BCUT2D eigenvalue weighted by Gasteiger charge is -1.99. The molecule has 64 valence electrons. The van der Waals surface area contributed by atoms with E-state index >= 15 is 0 Å². The Bertz CT molecular complexity index is 138. The standard InChI is InChI=1S/C9H16OS/c1-3-4-6-9(11-2)7-5-8-10/h3-4,6,10H,5,7-8H2,1-2H3. The van der Waals surface area contributed by atoms with Crippen molar-refractivity contribution in [3.63, 3.8) is 0 Å². The normalized spacial score (nSPS) is 12.8. The highest BCUT2D eigenvalue weighted by Crippen LogP contribution is 2.17. The molecule has 1 nitrogen and oxygen atoms in total. The monoisotopic (exact) mass is 172 g/mol. The summed E-state index contributed by atoms with van der Waals surface area (Å²) in [5, 5.41) is 8.58. The molecule has 0 rings (SSSR count). The van der Waals surface area contributed by atoms with Crippen LogP contribution in [0, 0.1) is 0 Å². The molecule has 1 N–H and O–H groups in total. The van der Waals surface area contributed by atoms with Gasteiger partial charge in [-0.3, -0.25) is 0 Å². The molecular formula is C9H16OS. The summed E-state index contributed by atoms with van der Waals surface area (Å²) in [5.74, 6) is 0. The average molecular weight is 172 g/mol. The maximum absolute atomic E-state index is 8.58. The minimum absolute atomic E-state index is 0.285. The highest BCUT2D eigenvalue weighted by atomic mass is 32.2. The SMILES string of the molecule is CC=CC=C(CCCO)SC. The lowest BCUT2D eigenvalue weighted by Crippen LogP contribution is -1.83. The van der Waals surface area contributed by atoms with E-state index in [1.807, 2.05) is 19.1 Å². The highest BCUT2D eigenvalue weighted by Gasteiger charge is 1.91. The second kappa shape index (κ2) is 7.89. The lowest BCUT2D eigenvalue weighted by molar-refractivity contribution is 0.289. The van der Waals surface area contributed by atoms with Crippen LogP contribution in [0.15, 0.2) is 23.1 Å². The number of aliphatic hydroxyl groups excluding tert-OH is 1. The fourth-order valence-corrected chi connectivity index (χ4v) is 1.27. The summed E-state index contributed by atoms with van der Waals surface area (Å²) in [7, 11) is 0. The summed E-state index contributed by atoms with van der Waals surface area (Å²) in [4.78, 5) is 1.33. The number of allylic oxidation sites excluding steroid dienone is 4. The van der Waals surface area contributed by atoms with Gasteiger partial charge in [-0.05, 0) is 30.9 Å². The first-order valence-corrected chi connectivity index (χ1v) is 5.04. The first kappa shape index (κ1) is 10.8. The van der Waals surface area contributed by atoms with Crippen molar-refractivity contribution in [2.24, 2.45) is 0 Å². The lowest BCUT2D eigenvalue weighted by atomic mass is 10.3.